The number of allylic oxidation sites excluding steroid dienone is 2. The quantitative estimate of drug-likeness (QED) is 0.358. The first-order chi connectivity index (χ1) is 14.8. The van der Waals surface area contributed by atoms with Gasteiger partial charge in [0.1, 0.15) is 6.54 Å². The smallest absolute Gasteiger partial charge is 0.273 e. The van der Waals surface area contributed by atoms with Gasteiger partial charge in [0.2, 0.25) is 0 Å². The zero-order chi connectivity index (χ0) is 22.3. The molecule has 1 aromatic heterocycles. The van der Waals surface area contributed by atoms with Crippen LogP contribution in [-0.4, -0.2) is 40.1 Å². The Balaban J connectivity index is 1.70. The van der Waals surface area contributed by atoms with Gasteiger partial charge >= 0.3 is 0 Å². The van der Waals surface area contributed by atoms with Crippen molar-refractivity contribution in [3.63, 3.8) is 0 Å². The van der Waals surface area contributed by atoms with E-state index in [1.54, 1.807) is 17.5 Å². The highest BCUT2D eigenvalue weighted by Crippen LogP contribution is 2.38. The number of nitrogens with zero attached hydrogens (tertiary/aromatic N) is 2. The van der Waals surface area contributed by atoms with Crippen molar-refractivity contribution in [2.45, 2.75) is 19.8 Å². The van der Waals surface area contributed by atoms with Gasteiger partial charge in [-0.05, 0) is 49.4 Å². The van der Waals surface area contributed by atoms with Crippen LogP contribution < -0.4 is 0 Å². The molecule has 2 heterocycles. The third-order valence-electron chi connectivity index (χ3n) is 5.53. The van der Waals surface area contributed by atoms with Gasteiger partial charge < -0.3 is 0 Å². The Morgan fingerprint density at radius 2 is 1.87 bits per heavy atom. The van der Waals surface area contributed by atoms with Crippen LogP contribution >= 0.6 is 34.5 Å². The second-order valence-electron chi connectivity index (χ2n) is 7.58. The standard InChI is InChI=1S/C22H18Cl2N2O4S/c1-12-4-6-14-15(9-12)22(30)26(21(14)29)25(11-18(27)19-3-2-8-31-19)20(28)13-5-7-16(23)17(24)10-13/h2-5,7-8,10,14-15H,6,9,11H2,1H3/t14-,15-/m0/s1. The lowest BCUT2D eigenvalue weighted by Crippen LogP contribution is -2.52. The summed E-state index contributed by atoms with van der Waals surface area (Å²) in [6, 6.07) is 7.62. The monoisotopic (exact) mass is 476 g/mol. The summed E-state index contributed by atoms with van der Waals surface area (Å²) < 4.78 is 0. The van der Waals surface area contributed by atoms with Crippen LogP contribution in [0.25, 0.3) is 0 Å². The molecule has 0 radical (unpaired) electrons. The first kappa shape index (κ1) is 21.7. The van der Waals surface area contributed by atoms with Crippen LogP contribution in [0.15, 0.2) is 47.4 Å². The molecule has 1 aliphatic carbocycles. The molecule has 1 aromatic carbocycles. The van der Waals surface area contributed by atoms with Gasteiger partial charge in [0, 0.05) is 5.56 Å². The Hall–Kier alpha value is -2.48. The SMILES string of the molecule is CC1=CC[C@@H]2C(=O)N(N(CC(=O)c3cccs3)C(=O)c3ccc(Cl)c(Cl)c3)C(=O)[C@H]2C1. The Kier molecular flexibility index (Phi) is 6.01. The second kappa shape index (κ2) is 8.57. The Bertz CT molecular complexity index is 1110. The van der Waals surface area contributed by atoms with Gasteiger partial charge in [0.05, 0.1) is 26.8 Å². The van der Waals surface area contributed by atoms with E-state index in [1.807, 2.05) is 13.0 Å². The molecule has 3 amide bonds. The molecule has 160 valence electrons. The number of hydrazine groups is 1. The summed E-state index contributed by atoms with van der Waals surface area (Å²) in [5.74, 6) is -3.03. The highest BCUT2D eigenvalue weighted by atomic mass is 35.5. The van der Waals surface area contributed by atoms with Gasteiger partial charge in [0.15, 0.2) is 5.78 Å². The lowest BCUT2D eigenvalue weighted by Gasteiger charge is -2.30. The lowest BCUT2D eigenvalue weighted by molar-refractivity contribution is -0.154. The third-order valence-corrected chi connectivity index (χ3v) is 7.18. The average Bonchev–Trinajstić information content (AvgIpc) is 3.36. The highest BCUT2D eigenvalue weighted by molar-refractivity contribution is 7.12. The summed E-state index contributed by atoms with van der Waals surface area (Å²) >= 11 is 13.2. The molecule has 0 N–H and O–H groups in total. The van der Waals surface area contributed by atoms with E-state index >= 15 is 0 Å². The van der Waals surface area contributed by atoms with E-state index in [2.05, 4.69) is 0 Å². The predicted molar refractivity (Wildman–Crippen MR) is 118 cm³/mol. The minimum absolute atomic E-state index is 0.123. The van der Waals surface area contributed by atoms with Crippen molar-refractivity contribution in [1.82, 2.24) is 10.0 Å². The molecule has 1 fully saturated rings. The van der Waals surface area contributed by atoms with Crippen LogP contribution in [0.3, 0.4) is 0 Å². The van der Waals surface area contributed by atoms with E-state index in [-0.39, 0.29) is 21.4 Å². The first-order valence-corrected chi connectivity index (χ1v) is 11.3. The molecule has 0 bridgehead atoms. The molecule has 1 saturated heterocycles. The predicted octanol–water partition coefficient (Wildman–Crippen LogP) is 4.64. The number of benzene rings is 1. The number of carbonyl (C=O) groups excluding carboxylic acids is 4. The molecular formula is C22H18Cl2N2O4S. The van der Waals surface area contributed by atoms with Crippen LogP contribution in [0.5, 0.6) is 0 Å². The number of halogens is 2. The van der Waals surface area contributed by atoms with Crippen LogP contribution in [0.1, 0.15) is 39.8 Å². The van der Waals surface area contributed by atoms with Crippen molar-refractivity contribution in [1.29, 1.82) is 0 Å². The maximum absolute atomic E-state index is 13.4. The fraction of sp³-hybridized carbons (Fsp3) is 0.273. The number of fused-ring (bicyclic) bond motifs is 1. The Morgan fingerprint density at radius 3 is 2.55 bits per heavy atom. The fourth-order valence-electron chi connectivity index (χ4n) is 3.92. The molecule has 2 aliphatic rings. The van der Waals surface area contributed by atoms with Crippen molar-refractivity contribution in [3.8, 4) is 0 Å². The summed E-state index contributed by atoms with van der Waals surface area (Å²) in [5, 5.41) is 3.97. The van der Waals surface area contributed by atoms with Crippen molar-refractivity contribution < 1.29 is 19.2 Å². The second-order valence-corrected chi connectivity index (χ2v) is 9.35. The zero-order valence-electron chi connectivity index (χ0n) is 16.5. The van der Waals surface area contributed by atoms with Gasteiger partial charge in [-0.1, -0.05) is 40.9 Å². The van der Waals surface area contributed by atoms with Crippen molar-refractivity contribution >= 4 is 58.0 Å². The van der Waals surface area contributed by atoms with Crippen LogP contribution in [0.2, 0.25) is 10.0 Å². The summed E-state index contributed by atoms with van der Waals surface area (Å²) in [5.41, 5.74) is 1.15. The number of hydrogen-bond acceptors (Lipinski definition) is 5. The van der Waals surface area contributed by atoms with Gasteiger partial charge in [-0.3, -0.25) is 19.2 Å². The maximum Gasteiger partial charge on any atom is 0.273 e. The number of ketones is 1. The average molecular weight is 477 g/mol. The Labute approximate surface area is 193 Å². The molecule has 9 heteroatoms. The van der Waals surface area contributed by atoms with E-state index in [0.717, 1.165) is 15.6 Å². The van der Waals surface area contributed by atoms with Crippen LogP contribution in [0.4, 0.5) is 0 Å². The van der Waals surface area contributed by atoms with Crippen LogP contribution in [0, 0.1) is 11.8 Å². The number of rotatable bonds is 5. The van der Waals surface area contributed by atoms with Gasteiger partial charge in [-0.15, -0.1) is 11.3 Å². The number of amides is 3. The Morgan fingerprint density at radius 1 is 1.13 bits per heavy atom. The van der Waals surface area contributed by atoms with Crippen molar-refractivity contribution in [2.75, 3.05) is 6.54 Å². The summed E-state index contributed by atoms with van der Waals surface area (Å²) in [7, 11) is 0. The maximum atomic E-state index is 13.4. The minimum atomic E-state index is -0.673. The largest absolute Gasteiger partial charge is 0.291 e. The fourth-order valence-corrected chi connectivity index (χ4v) is 4.88. The van der Waals surface area contributed by atoms with E-state index in [4.69, 9.17) is 23.2 Å². The molecule has 2 atom stereocenters. The van der Waals surface area contributed by atoms with Crippen molar-refractivity contribution in [3.05, 3.63) is 67.8 Å². The molecule has 0 saturated carbocycles. The molecule has 0 unspecified atom stereocenters. The van der Waals surface area contributed by atoms with Gasteiger partial charge in [-0.25, -0.2) is 5.01 Å². The first-order valence-electron chi connectivity index (χ1n) is 9.65. The number of carbonyl (C=O) groups is 4. The normalized spacial score (nSPS) is 20.5. The molecule has 6 nitrogen and oxygen atoms in total. The van der Waals surface area contributed by atoms with E-state index in [1.165, 1.54) is 29.5 Å². The van der Waals surface area contributed by atoms with Gasteiger partial charge in [0.25, 0.3) is 17.7 Å². The van der Waals surface area contributed by atoms with Crippen molar-refractivity contribution in [2.24, 2.45) is 11.8 Å². The molecule has 2 aromatic rings. The summed E-state index contributed by atoms with van der Waals surface area (Å²) in [6.45, 7) is 1.47. The van der Waals surface area contributed by atoms with Crippen LogP contribution in [-0.2, 0) is 9.59 Å². The number of thiophene rings is 1. The van der Waals surface area contributed by atoms with E-state index in [0.29, 0.717) is 17.7 Å². The molecule has 0 spiro atoms. The summed E-state index contributed by atoms with van der Waals surface area (Å²) in [4.78, 5) is 53.0. The third kappa shape index (κ3) is 4.05. The van der Waals surface area contributed by atoms with Gasteiger partial charge in [-0.2, -0.15) is 5.01 Å². The minimum Gasteiger partial charge on any atom is -0.291 e. The lowest BCUT2D eigenvalue weighted by atomic mass is 9.82. The zero-order valence-corrected chi connectivity index (χ0v) is 18.8. The van der Waals surface area contributed by atoms with E-state index < -0.39 is 36.1 Å². The molecule has 4 rings (SSSR count). The highest BCUT2D eigenvalue weighted by Gasteiger charge is 2.51. The molecule has 1 aliphatic heterocycles. The molecule has 31 heavy (non-hydrogen) atoms. The number of Topliss-reactive ketones (excluding diaryl/α,β-unsaturated/α-hetero) is 1. The molecular weight excluding hydrogens is 459 g/mol. The topological polar surface area (TPSA) is 74.8 Å². The number of imide groups is 1. The summed E-state index contributed by atoms with van der Waals surface area (Å²) in [6.07, 6.45) is 2.84. The van der Waals surface area contributed by atoms with E-state index in [9.17, 15) is 19.2 Å². The number of hydrogen-bond donors (Lipinski definition) is 0.